The number of hydrogen-bond donors (Lipinski definition) is 0. The molecule has 1 aromatic carbocycles. The second-order valence-corrected chi connectivity index (χ2v) is 6.89. The molecule has 20 heavy (non-hydrogen) atoms. The Morgan fingerprint density at radius 3 is 2.95 bits per heavy atom. The molecule has 1 atom stereocenters. The molecule has 1 saturated heterocycles. The van der Waals surface area contributed by atoms with Crippen molar-refractivity contribution in [2.24, 2.45) is 0 Å². The minimum atomic E-state index is -3.42. The molecule has 0 aliphatic carbocycles. The molecule has 1 aliphatic heterocycles. The van der Waals surface area contributed by atoms with Crippen molar-refractivity contribution in [3.05, 3.63) is 35.4 Å². The van der Waals surface area contributed by atoms with E-state index >= 15 is 0 Å². The molecule has 1 aliphatic rings. The molecule has 0 spiro atoms. The lowest BCUT2D eigenvalue weighted by molar-refractivity contribution is 0.0752. The molecule has 0 bridgehead atoms. The topological polar surface area (TPSA) is 70.4 Å². The highest BCUT2D eigenvalue weighted by Crippen LogP contribution is 2.17. The van der Waals surface area contributed by atoms with Gasteiger partial charge in [0.05, 0.1) is 23.5 Å². The lowest BCUT2D eigenvalue weighted by Gasteiger charge is -2.21. The van der Waals surface area contributed by atoms with Crippen molar-refractivity contribution in [1.82, 2.24) is 4.31 Å². The van der Waals surface area contributed by atoms with Gasteiger partial charge in [-0.3, -0.25) is 0 Å². The number of nitriles is 1. The minimum Gasteiger partial charge on any atom is -0.377 e. The average molecular weight is 294 g/mol. The fraction of sp³-hybridized carbons (Fsp3) is 0.500. The zero-order valence-corrected chi connectivity index (χ0v) is 12.3. The quantitative estimate of drug-likeness (QED) is 0.847. The highest BCUT2D eigenvalue weighted by atomic mass is 32.2. The third-order valence-electron chi connectivity index (χ3n) is 3.28. The Morgan fingerprint density at radius 1 is 1.45 bits per heavy atom. The van der Waals surface area contributed by atoms with Gasteiger partial charge < -0.3 is 4.74 Å². The summed E-state index contributed by atoms with van der Waals surface area (Å²) in [5.41, 5.74) is 0.961. The second kappa shape index (κ2) is 6.35. The fourth-order valence-electron chi connectivity index (χ4n) is 2.25. The van der Waals surface area contributed by atoms with Crippen LogP contribution in [-0.2, 0) is 20.5 Å². The molecule has 6 heteroatoms. The molecule has 1 unspecified atom stereocenters. The monoisotopic (exact) mass is 294 g/mol. The van der Waals surface area contributed by atoms with E-state index in [-0.39, 0.29) is 11.9 Å². The number of nitrogens with zero attached hydrogens (tertiary/aromatic N) is 2. The Morgan fingerprint density at radius 2 is 2.20 bits per heavy atom. The van der Waals surface area contributed by atoms with Crippen molar-refractivity contribution in [2.75, 3.05) is 19.7 Å². The average Bonchev–Trinajstić information content (AvgIpc) is 2.64. The third kappa shape index (κ3) is 3.57. The van der Waals surface area contributed by atoms with Crippen LogP contribution >= 0.6 is 0 Å². The largest absolute Gasteiger partial charge is 0.377 e. The first-order valence-electron chi connectivity index (χ1n) is 6.60. The van der Waals surface area contributed by atoms with Gasteiger partial charge in [-0.25, -0.2) is 8.42 Å². The first-order chi connectivity index (χ1) is 9.53. The van der Waals surface area contributed by atoms with Crippen molar-refractivity contribution in [1.29, 1.82) is 5.26 Å². The summed E-state index contributed by atoms with van der Waals surface area (Å²) < 4.78 is 31.9. The molecule has 2 rings (SSSR count). The van der Waals surface area contributed by atoms with Crippen LogP contribution < -0.4 is 0 Å². The maximum absolute atomic E-state index is 12.5. The van der Waals surface area contributed by atoms with E-state index < -0.39 is 10.0 Å². The number of rotatable bonds is 3. The summed E-state index contributed by atoms with van der Waals surface area (Å²) >= 11 is 0. The Balaban J connectivity index is 2.20. The molecule has 0 amide bonds. The maximum Gasteiger partial charge on any atom is 0.218 e. The molecule has 108 valence electrons. The molecule has 0 N–H and O–H groups in total. The summed E-state index contributed by atoms with van der Waals surface area (Å²) in [6.45, 7) is 3.30. The Labute approximate surface area is 119 Å². The van der Waals surface area contributed by atoms with Gasteiger partial charge in [-0.2, -0.15) is 9.57 Å². The lowest BCUT2D eigenvalue weighted by Crippen LogP contribution is -2.36. The predicted molar refractivity (Wildman–Crippen MR) is 75.4 cm³/mol. The Bertz CT molecular complexity index is 607. The summed E-state index contributed by atoms with van der Waals surface area (Å²) in [5, 5.41) is 9.03. The molecule has 1 aromatic rings. The molecule has 0 saturated carbocycles. The van der Waals surface area contributed by atoms with Crippen LogP contribution in [0.4, 0.5) is 0 Å². The van der Waals surface area contributed by atoms with E-state index in [1.165, 1.54) is 4.31 Å². The van der Waals surface area contributed by atoms with Crippen molar-refractivity contribution in [3.63, 3.8) is 0 Å². The highest BCUT2D eigenvalue weighted by molar-refractivity contribution is 7.88. The maximum atomic E-state index is 12.5. The lowest BCUT2D eigenvalue weighted by atomic mass is 10.1. The van der Waals surface area contributed by atoms with Crippen LogP contribution in [0.5, 0.6) is 0 Å². The number of sulfonamides is 1. The van der Waals surface area contributed by atoms with Gasteiger partial charge >= 0.3 is 0 Å². The van der Waals surface area contributed by atoms with Gasteiger partial charge in [0.15, 0.2) is 0 Å². The van der Waals surface area contributed by atoms with E-state index in [0.29, 0.717) is 37.2 Å². The van der Waals surface area contributed by atoms with Crippen LogP contribution in [0.3, 0.4) is 0 Å². The zero-order valence-electron chi connectivity index (χ0n) is 11.4. The third-order valence-corrected chi connectivity index (χ3v) is 5.08. The normalized spacial score (nSPS) is 21.1. The van der Waals surface area contributed by atoms with Crippen LogP contribution in [0.2, 0.25) is 0 Å². The van der Waals surface area contributed by atoms with E-state index in [1.54, 1.807) is 24.3 Å². The summed E-state index contributed by atoms with van der Waals surface area (Å²) in [6, 6.07) is 8.84. The van der Waals surface area contributed by atoms with Crippen LogP contribution in [0.15, 0.2) is 24.3 Å². The predicted octanol–water partition coefficient (Wildman–Crippen LogP) is 1.50. The molecular formula is C14H18N2O3S. The van der Waals surface area contributed by atoms with Gasteiger partial charge in [0.1, 0.15) is 0 Å². The first-order valence-corrected chi connectivity index (χ1v) is 8.21. The fourth-order valence-corrected chi connectivity index (χ4v) is 3.92. The molecular weight excluding hydrogens is 276 g/mol. The van der Waals surface area contributed by atoms with E-state index in [4.69, 9.17) is 10.00 Å². The molecule has 1 heterocycles. The van der Waals surface area contributed by atoms with Gasteiger partial charge in [-0.1, -0.05) is 18.2 Å². The zero-order chi connectivity index (χ0) is 14.6. The number of hydrogen-bond acceptors (Lipinski definition) is 4. The Kier molecular flexibility index (Phi) is 4.76. The van der Waals surface area contributed by atoms with Crippen LogP contribution in [0.1, 0.15) is 24.5 Å². The first kappa shape index (κ1) is 15.0. The second-order valence-electron chi connectivity index (χ2n) is 4.92. The van der Waals surface area contributed by atoms with Crippen molar-refractivity contribution >= 4 is 10.0 Å². The van der Waals surface area contributed by atoms with Gasteiger partial charge in [-0.15, -0.1) is 0 Å². The van der Waals surface area contributed by atoms with Gasteiger partial charge in [0.25, 0.3) is 0 Å². The summed E-state index contributed by atoms with van der Waals surface area (Å²) in [5.74, 6) is -0.135. The van der Waals surface area contributed by atoms with E-state index in [0.717, 1.165) is 0 Å². The van der Waals surface area contributed by atoms with Crippen molar-refractivity contribution in [2.45, 2.75) is 25.2 Å². The Hall–Kier alpha value is -1.42. The van der Waals surface area contributed by atoms with Crippen LogP contribution in [-0.4, -0.2) is 38.5 Å². The van der Waals surface area contributed by atoms with Crippen LogP contribution in [0.25, 0.3) is 0 Å². The molecule has 0 aromatic heterocycles. The van der Waals surface area contributed by atoms with Crippen LogP contribution in [0, 0.1) is 11.3 Å². The highest BCUT2D eigenvalue weighted by Gasteiger charge is 2.27. The van der Waals surface area contributed by atoms with Gasteiger partial charge in [-0.05, 0) is 25.0 Å². The van der Waals surface area contributed by atoms with Crippen molar-refractivity contribution in [3.8, 4) is 6.07 Å². The van der Waals surface area contributed by atoms with Gasteiger partial charge in [0.2, 0.25) is 10.0 Å². The molecule has 1 fully saturated rings. The van der Waals surface area contributed by atoms with E-state index in [9.17, 15) is 8.42 Å². The summed E-state index contributed by atoms with van der Waals surface area (Å²) in [7, 11) is -3.42. The number of ether oxygens (including phenoxy) is 1. The van der Waals surface area contributed by atoms with E-state index in [1.807, 2.05) is 13.0 Å². The van der Waals surface area contributed by atoms with Gasteiger partial charge in [0, 0.05) is 19.7 Å². The number of benzene rings is 1. The SMILES string of the molecule is CC1CN(S(=O)(=O)Cc2ccccc2C#N)CCCO1. The minimum absolute atomic E-state index is 0.0986. The summed E-state index contributed by atoms with van der Waals surface area (Å²) in [4.78, 5) is 0. The standard InChI is InChI=1S/C14H18N2O3S/c1-12-10-16(7-4-8-19-12)20(17,18)11-14-6-3-2-5-13(14)9-15/h2-3,5-6,12H,4,7-8,10-11H2,1H3. The molecule has 5 nitrogen and oxygen atoms in total. The smallest absolute Gasteiger partial charge is 0.218 e. The van der Waals surface area contributed by atoms with E-state index in [2.05, 4.69) is 0 Å². The summed E-state index contributed by atoms with van der Waals surface area (Å²) in [6.07, 6.45) is 0.599. The van der Waals surface area contributed by atoms with Crippen molar-refractivity contribution < 1.29 is 13.2 Å². The molecule has 0 radical (unpaired) electrons.